The molecular formula is C18H24N4O4. The van der Waals surface area contributed by atoms with Gasteiger partial charge in [-0.25, -0.2) is 10.2 Å². The van der Waals surface area contributed by atoms with Crippen molar-refractivity contribution in [2.24, 2.45) is 5.10 Å². The third kappa shape index (κ3) is 4.19. The molecule has 1 aliphatic rings. The highest BCUT2D eigenvalue weighted by atomic mass is 16.5. The van der Waals surface area contributed by atoms with E-state index in [1.807, 2.05) is 25.1 Å². The third-order valence-electron chi connectivity index (χ3n) is 4.10. The number of imide groups is 1. The second kappa shape index (κ2) is 7.55. The summed E-state index contributed by atoms with van der Waals surface area (Å²) >= 11 is 0. The maximum atomic E-state index is 12.1. The first-order chi connectivity index (χ1) is 12.2. The Bertz CT molecular complexity index is 770. The summed E-state index contributed by atoms with van der Waals surface area (Å²) in [5.74, 6) is -0.0755. The Hall–Kier alpha value is -2.90. The smallest absolute Gasteiger partial charge is 0.325 e. The highest BCUT2D eigenvalue weighted by molar-refractivity contribution is 6.06. The fourth-order valence-electron chi connectivity index (χ4n) is 2.60. The summed E-state index contributed by atoms with van der Waals surface area (Å²) in [6, 6.07) is 5.19. The van der Waals surface area contributed by atoms with Crippen molar-refractivity contribution in [1.82, 2.24) is 15.6 Å². The fourth-order valence-corrected chi connectivity index (χ4v) is 2.60. The fraction of sp³-hybridized carbons (Fsp3) is 0.444. The van der Waals surface area contributed by atoms with E-state index in [0.29, 0.717) is 11.5 Å². The van der Waals surface area contributed by atoms with Crippen LogP contribution in [-0.2, 0) is 9.59 Å². The van der Waals surface area contributed by atoms with Crippen molar-refractivity contribution in [3.63, 3.8) is 0 Å². The number of hydrazone groups is 1. The molecule has 0 spiro atoms. The maximum absolute atomic E-state index is 12.1. The highest BCUT2D eigenvalue weighted by Gasteiger charge is 2.43. The molecule has 1 heterocycles. The van der Waals surface area contributed by atoms with Crippen molar-refractivity contribution in [2.45, 2.75) is 39.7 Å². The van der Waals surface area contributed by atoms with E-state index >= 15 is 0 Å². The van der Waals surface area contributed by atoms with E-state index in [9.17, 15) is 14.4 Å². The molecule has 2 N–H and O–H groups in total. The van der Waals surface area contributed by atoms with Crippen molar-refractivity contribution in [3.05, 3.63) is 29.3 Å². The van der Waals surface area contributed by atoms with E-state index in [4.69, 9.17) is 4.74 Å². The number of methoxy groups -OCH3 is 1. The summed E-state index contributed by atoms with van der Waals surface area (Å²) < 4.78 is 5.30. The number of amides is 4. The second-order valence-electron chi connectivity index (χ2n) is 6.70. The largest absolute Gasteiger partial charge is 0.496 e. The van der Waals surface area contributed by atoms with Gasteiger partial charge in [-0.3, -0.25) is 14.5 Å². The Labute approximate surface area is 152 Å². The molecule has 1 fully saturated rings. The molecule has 0 aliphatic carbocycles. The molecular weight excluding hydrogens is 336 g/mol. The van der Waals surface area contributed by atoms with Crippen LogP contribution in [0.1, 0.15) is 38.3 Å². The van der Waals surface area contributed by atoms with Gasteiger partial charge in [0, 0.05) is 18.5 Å². The van der Waals surface area contributed by atoms with Gasteiger partial charge in [0.1, 0.15) is 11.3 Å². The standard InChI is InChI=1S/C18H24N4O4/c1-11-6-7-14(26-5)13(10-11)12(2)20-21-15(23)8-9-22-16(24)18(3,4)19-17(22)25/h6-7,10H,8-9H2,1-5H3,(H,19,25)(H,21,23)/b20-12-. The average Bonchev–Trinajstić information content (AvgIpc) is 2.78. The summed E-state index contributed by atoms with van der Waals surface area (Å²) in [7, 11) is 1.57. The third-order valence-corrected chi connectivity index (χ3v) is 4.10. The number of carbonyl (C=O) groups excluding carboxylic acids is 3. The van der Waals surface area contributed by atoms with Gasteiger partial charge >= 0.3 is 6.03 Å². The normalized spacial score (nSPS) is 16.5. The van der Waals surface area contributed by atoms with Crippen LogP contribution in [0.3, 0.4) is 0 Å². The first kappa shape index (κ1) is 19.4. The summed E-state index contributed by atoms with van der Waals surface area (Å²) in [5, 5.41) is 6.66. The van der Waals surface area contributed by atoms with Crippen LogP contribution in [0.5, 0.6) is 5.75 Å². The van der Waals surface area contributed by atoms with Crippen LogP contribution in [-0.4, -0.2) is 47.7 Å². The summed E-state index contributed by atoms with van der Waals surface area (Å²) in [6.07, 6.45) is -0.0308. The van der Waals surface area contributed by atoms with Crippen LogP contribution in [0, 0.1) is 6.92 Å². The van der Waals surface area contributed by atoms with Crippen molar-refractivity contribution in [2.75, 3.05) is 13.7 Å². The number of hydrogen-bond donors (Lipinski definition) is 2. The van der Waals surface area contributed by atoms with E-state index in [1.54, 1.807) is 27.9 Å². The zero-order valence-corrected chi connectivity index (χ0v) is 15.7. The first-order valence-corrected chi connectivity index (χ1v) is 8.28. The quantitative estimate of drug-likeness (QED) is 0.457. The van der Waals surface area contributed by atoms with Gasteiger partial charge in [0.2, 0.25) is 5.91 Å². The van der Waals surface area contributed by atoms with Crippen LogP contribution in [0.4, 0.5) is 4.79 Å². The number of rotatable bonds is 6. The van der Waals surface area contributed by atoms with Crippen LogP contribution in [0.25, 0.3) is 0 Å². The van der Waals surface area contributed by atoms with E-state index in [2.05, 4.69) is 15.8 Å². The Balaban J connectivity index is 1.96. The summed E-state index contributed by atoms with van der Waals surface area (Å²) in [5.41, 5.74) is 3.93. The van der Waals surface area contributed by atoms with E-state index in [1.165, 1.54) is 0 Å². The SMILES string of the molecule is COc1ccc(C)cc1/C(C)=N\NC(=O)CCN1C(=O)NC(C)(C)C1=O. The minimum absolute atomic E-state index is 0.00225. The van der Waals surface area contributed by atoms with Gasteiger partial charge in [-0.15, -0.1) is 0 Å². The predicted octanol–water partition coefficient (Wildman–Crippen LogP) is 1.56. The minimum atomic E-state index is -0.940. The van der Waals surface area contributed by atoms with Crippen LogP contribution >= 0.6 is 0 Å². The molecule has 0 unspecified atom stereocenters. The molecule has 0 saturated carbocycles. The molecule has 140 valence electrons. The molecule has 1 aromatic rings. The van der Waals surface area contributed by atoms with Crippen LogP contribution < -0.4 is 15.5 Å². The second-order valence-corrected chi connectivity index (χ2v) is 6.70. The van der Waals surface area contributed by atoms with Gasteiger partial charge in [-0.1, -0.05) is 11.6 Å². The number of ether oxygens (including phenoxy) is 1. The molecule has 1 aromatic carbocycles. The van der Waals surface area contributed by atoms with Gasteiger partial charge in [0.15, 0.2) is 0 Å². The molecule has 1 saturated heterocycles. The average molecular weight is 360 g/mol. The van der Waals surface area contributed by atoms with Crippen LogP contribution in [0.15, 0.2) is 23.3 Å². The number of benzene rings is 1. The highest BCUT2D eigenvalue weighted by Crippen LogP contribution is 2.20. The number of nitrogens with zero attached hydrogens (tertiary/aromatic N) is 2. The van der Waals surface area contributed by atoms with Crippen molar-refractivity contribution < 1.29 is 19.1 Å². The molecule has 1 aliphatic heterocycles. The Morgan fingerprint density at radius 1 is 1.35 bits per heavy atom. The monoisotopic (exact) mass is 360 g/mol. The lowest BCUT2D eigenvalue weighted by Crippen LogP contribution is -2.40. The lowest BCUT2D eigenvalue weighted by atomic mass is 10.1. The first-order valence-electron chi connectivity index (χ1n) is 8.28. The van der Waals surface area contributed by atoms with Gasteiger partial charge in [-0.2, -0.15) is 5.10 Å². The number of carbonyl (C=O) groups is 3. The number of aryl methyl sites for hydroxylation is 1. The minimum Gasteiger partial charge on any atom is -0.496 e. The van der Waals surface area contributed by atoms with Crippen molar-refractivity contribution >= 4 is 23.6 Å². The number of urea groups is 1. The Kier molecular flexibility index (Phi) is 5.64. The lowest BCUT2D eigenvalue weighted by molar-refractivity contribution is -0.130. The van der Waals surface area contributed by atoms with Crippen LogP contribution in [0.2, 0.25) is 0 Å². The van der Waals surface area contributed by atoms with Crippen molar-refractivity contribution in [3.8, 4) is 5.75 Å². The van der Waals surface area contributed by atoms with Gasteiger partial charge in [0.25, 0.3) is 5.91 Å². The molecule has 0 atom stereocenters. The molecule has 0 bridgehead atoms. The number of hydrogen-bond acceptors (Lipinski definition) is 5. The molecule has 8 nitrogen and oxygen atoms in total. The van der Waals surface area contributed by atoms with Gasteiger partial charge < -0.3 is 10.1 Å². The Morgan fingerprint density at radius 3 is 2.62 bits per heavy atom. The van der Waals surface area contributed by atoms with E-state index in [0.717, 1.165) is 16.0 Å². The van der Waals surface area contributed by atoms with E-state index in [-0.39, 0.29) is 24.8 Å². The molecule has 2 rings (SSSR count). The van der Waals surface area contributed by atoms with Gasteiger partial charge in [0.05, 0.1) is 12.8 Å². The van der Waals surface area contributed by atoms with E-state index < -0.39 is 11.6 Å². The van der Waals surface area contributed by atoms with Gasteiger partial charge in [-0.05, 0) is 39.8 Å². The topological polar surface area (TPSA) is 100 Å². The summed E-state index contributed by atoms with van der Waals surface area (Å²) in [4.78, 5) is 36.9. The summed E-state index contributed by atoms with van der Waals surface area (Å²) in [6.45, 7) is 6.96. The molecule has 0 radical (unpaired) electrons. The zero-order valence-electron chi connectivity index (χ0n) is 15.7. The zero-order chi connectivity index (χ0) is 19.5. The molecule has 8 heteroatoms. The Morgan fingerprint density at radius 2 is 2.04 bits per heavy atom. The van der Waals surface area contributed by atoms with Crippen molar-refractivity contribution in [1.29, 1.82) is 0 Å². The molecule has 4 amide bonds. The lowest BCUT2D eigenvalue weighted by Gasteiger charge is -2.15. The maximum Gasteiger partial charge on any atom is 0.325 e. The number of nitrogens with one attached hydrogen (secondary N) is 2. The predicted molar refractivity (Wildman–Crippen MR) is 97.0 cm³/mol. The molecule has 0 aromatic heterocycles. The molecule has 26 heavy (non-hydrogen) atoms.